The highest BCUT2D eigenvalue weighted by molar-refractivity contribution is 5.83. The van der Waals surface area contributed by atoms with Gasteiger partial charge in [0.2, 0.25) is 5.91 Å². The van der Waals surface area contributed by atoms with Crippen molar-refractivity contribution < 1.29 is 19.4 Å². The van der Waals surface area contributed by atoms with Crippen molar-refractivity contribution in [3.05, 3.63) is 29.8 Å². The maximum Gasteiger partial charge on any atom is 0.341 e. The maximum atomic E-state index is 12.2. The Labute approximate surface area is 124 Å². The summed E-state index contributed by atoms with van der Waals surface area (Å²) in [5, 5.41) is 11.6. The SMILES string of the molecule is CC(NC(=O)C1(C)CCC1)c1ccc(OCC(=O)O)cc1. The normalized spacial score (nSPS) is 17.4. The van der Waals surface area contributed by atoms with Gasteiger partial charge in [-0.3, -0.25) is 4.79 Å². The summed E-state index contributed by atoms with van der Waals surface area (Å²) in [7, 11) is 0. The minimum absolute atomic E-state index is 0.0801. The van der Waals surface area contributed by atoms with Gasteiger partial charge in [0.1, 0.15) is 5.75 Å². The fourth-order valence-electron chi connectivity index (χ4n) is 2.39. The van der Waals surface area contributed by atoms with Gasteiger partial charge in [0.15, 0.2) is 6.61 Å². The van der Waals surface area contributed by atoms with E-state index < -0.39 is 5.97 Å². The number of carbonyl (C=O) groups is 2. The van der Waals surface area contributed by atoms with Crippen molar-refractivity contribution in [2.24, 2.45) is 5.41 Å². The zero-order chi connectivity index (χ0) is 15.5. The van der Waals surface area contributed by atoms with Crippen LogP contribution in [0.25, 0.3) is 0 Å². The highest BCUT2D eigenvalue weighted by atomic mass is 16.5. The first-order valence-corrected chi connectivity index (χ1v) is 7.16. The van der Waals surface area contributed by atoms with Crippen molar-refractivity contribution in [3.63, 3.8) is 0 Å². The minimum atomic E-state index is -1.01. The van der Waals surface area contributed by atoms with Crippen molar-refractivity contribution in [1.82, 2.24) is 5.32 Å². The summed E-state index contributed by atoms with van der Waals surface area (Å²) in [4.78, 5) is 22.6. The molecule has 0 spiro atoms. The molecule has 114 valence electrons. The fourth-order valence-corrected chi connectivity index (χ4v) is 2.39. The predicted molar refractivity (Wildman–Crippen MR) is 78.1 cm³/mol. The van der Waals surface area contributed by atoms with Crippen LogP contribution in [-0.4, -0.2) is 23.6 Å². The molecule has 0 aliphatic heterocycles. The van der Waals surface area contributed by atoms with Crippen LogP contribution in [0.1, 0.15) is 44.7 Å². The summed E-state index contributed by atoms with van der Waals surface area (Å²) in [6.07, 6.45) is 3.02. The Bertz CT molecular complexity index is 520. The molecule has 1 aliphatic carbocycles. The van der Waals surface area contributed by atoms with E-state index in [1.54, 1.807) is 12.1 Å². The Balaban J connectivity index is 1.91. The number of benzene rings is 1. The van der Waals surface area contributed by atoms with E-state index in [0.29, 0.717) is 5.75 Å². The summed E-state index contributed by atoms with van der Waals surface area (Å²) in [6, 6.07) is 7.03. The number of carboxylic acids is 1. The number of hydrogen-bond acceptors (Lipinski definition) is 3. The molecule has 21 heavy (non-hydrogen) atoms. The van der Waals surface area contributed by atoms with Crippen LogP contribution in [0.5, 0.6) is 5.75 Å². The van der Waals surface area contributed by atoms with Crippen molar-refractivity contribution >= 4 is 11.9 Å². The predicted octanol–water partition coefficient (Wildman–Crippen LogP) is 2.52. The highest BCUT2D eigenvalue weighted by Gasteiger charge is 2.39. The molecule has 1 amide bonds. The van der Waals surface area contributed by atoms with Crippen molar-refractivity contribution in [3.8, 4) is 5.75 Å². The van der Waals surface area contributed by atoms with Gasteiger partial charge in [0.25, 0.3) is 0 Å². The van der Waals surface area contributed by atoms with Crippen LogP contribution in [0.3, 0.4) is 0 Å². The van der Waals surface area contributed by atoms with Crippen molar-refractivity contribution in [1.29, 1.82) is 0 Å². The number of aliphatic carboxylic acids is 1. The number of amides is 1. The van der Waals surface area contributed by atoms with E-state index in [2.05, 4.69) is 5.32 Å². The van der Waals surface area contributed by atoms with Crippen LogP contribution in [-0.2, 0) is 9.59 Å². The Morgan fingerprint density at radius 1 is 1.33 bits per heavy atom. The molecule has 0 heterocycles. The van der Waals surface area contributed by atoms with Crippen molar-refractivity contribution in [2.45, 2.75) is 39.2 Å². The van der Waals surface area contributed by atoms with Crippen molar-refractivity contribution in [2.75, 3.05) is 6.61 Å². The first-order valence-electron chi connectivity index (χ1n) is 7.16. The number of hydrogen-bond donors (Lipinski definition) is 2. The van der Waals surface area contributed by atoms with Gasteiger partial charge in [-0.2, -0.15) is 0 Å². The zero-order valence-electron chi connectivity index (χ0n) is 12.4. The third-order valence-corrected chi connectivity index (χ3v) is 4.10. The van der Waals surface area contributed by atoms with E-state index in [0.717, 1.165) is 24.8 Å². The molecular weight excluding hydrogens is 270 g/mol. The standard InChI is InChI=1S/C16H21NO4/c1-11(17-15(20)16(2)8-3-9-16)12-4-6-13(7-5-12)21-10-14(18)19/h4-7,11H,3,8-10H2,1-2H3,(H,17,20)(H,18,19). The molecule has 1 fully saturated rings. The summed E-state index contributed by atoms with van der Waals surface area (Å²) in [5.41, 5.74) is 0.757. The molecule has 1 aromatic rings. The van der Waals surface area contributed by atoms with E-state index in [-0.39, 0.29) is 24.0 Å². The Kier molecular flexibility index (Phi) is 4.50. The number of ether oxygens (including phenoxy) is 1. The Morgan fingerprint density at radius 2 is 1.95 bits per heavy atom. The highest BCUT2D eigenvalue weighted by Crippen LogP contribution is 2.40. The third kappa shape index (κ3) is 3.74. The second-order valence-electron chi connectivity index (χ2n) is 5.86. The largest absolute Gasteiger partial charge is 0.482 e. The molecule has 0 saturated heterocycles. The van der Waals surface area contributed by atoms with Crippen LogP contribution in [0.15, 0.2) is 24.3 Å². The van der Waals surface area contributed by atoms with Gasteiger partial charge in [0, 0.05) is 5.41 Å². The lowest BCUT2D eigenvalue weighted by Gasteiger charge is -2.37. The van der Waals surface area contributed by atoms with Gasteiger partial charge < -0.3 is 15.2 Å². The lowest BCUT2D eigenvalue weighted by Crippen LogP contribution is -2.44. The van der Waals surface area contributed by atoms with Crippen LogP contribution in [0, 0.1) is 5.41 Å². The molecule has 2 rings (SSSR count). The second-order valence-corrected chi connectivity index (χ2v) is 5.86. The summed E-state index contributed by atoms with van der Waals surface area (Å²) < 4.78 is 5.08. The van der Waals surface area contributed by atoms with Gasteiger partial charge in [0.05, 0.1) is 6.04 Å². The summed E-state index contributed by atoms with van der Waals surface area (Å²) >= 11 is 0. The monoisotopic (exact) mass is 291 g/mol. The summed E-state index contributed by atoms with van der Waals surface area (Å²) in [5.74, 6) is -0.397. The molecule has 5 heteroatoms. The number of rotatable bonds is 6. The van der Waals surface area contributed by atoms with Crippen LogP contribution < -0.4 is 10.1 Å². The van der Waals surface area contributed by atoms with Crippen LogP contribution in [0.4, 0.5) is 0 Å². The van der Waals surface area contributed by atoms with Gasteiger partial charge in [-0.15, -0.1) is 0 Å². The molecule has 1 atom stereocenters. The Morgan fingerprint density at radius 3 is 2.43 bits per heavy atom. The number of carbonyl (C=O) groups excluding carboxylic acids is 1. The quantitative estimate of drug-likeness (QED) is 0.844. The number of nitrogens with one attached hydrogen (secondary N) is 1. The first kappa shape index (κ1) is 15.4. The first-order chi connectivity index (χ1) is 9.90. The lowest BCUT2D eigenvalue weighted by atomic mass is 9.69. The maximum absolute atomic E-state index is 12.2. The fraction of sp³-hybridized carbons (Fsp3) is 0.500. The summed E-state index contributed by atoms with van der Waals surface area (Å²) in [6.45, 7) is 3.58. The van der Waals surface area contributed by atoms with E-state index in [1.165, 1.54) is 0 Å². The third-order valence-electron chi connectivity index (χ3n) is 4.10. The van der Waals surface area contributed by atoms with Gasteiger partial charge in [-0.05, 0) is 37.5 Å². The zero-order valence-corrected chi connectivity index (χ0v) is 12.4. The van der Waals surface area contributed by atoms with E-state index in [1.807, 2.05) is 26.0 Å². The lowest BCUT2D eigenvalue weighted by molar-refractivity contribution is -0.139. The van der Waals surface area contributed by atoms with E-state index in [9.17, 15) is 9.59 Å². The molecule has 2 N–H and O–H groups in total. The van der Waals surface area contributed by atoms with Crippen LogP contribution in [0.2, 0.25) is 0 Å². The number of carboxylic acid groups (broad SMARTS) is 1. The minimum Gasteiger partial charge on any atom is -0.482 e. The van der Waals surface area contributed by atoms with E-state index in [4.69, 9.17) is 9.84 Å². The van der Waals surface area contributed by atoms with Gasteiger partial charge in [-0.25, -0.2) is 4.79 Å². The molecule has 0 radical (unpaired) electrons. The molecule has 1 aliphatic rings. The molecule has 1 aromatic carbocycles. The molecule has 5 nitrogen and oxygen atoms in total. The average molecular weight is 291 g/mol. The smallest absolute Gasteiger partial charge is 0.341 e. The van der Waals surface area contributed by atoms with E-state index >= 15 is 0 Å². The van der Waals surface area contributed by atoms with Gasteiger partial charge >= 0.3 is 5.97 Å². The molecule has 0 bridgehead atoms. The topological polar surface area (TPSA) is 75.6 Å². The van der Waals surface area contributed by atoms with Crippen LogP contribution >= 0.6 is 0 Å². The molecular formula is C16H21NO4. The van der Waals surface area contributed by atoms with Gasteiger partial charge in [-0.1, -0.05) is 25.5 Å². The second kappa shape index (κ2) is 6.16. The average Bonchev–Trinajstić information content (AvgIpc) is 2.42. The molecule has 1 saturated carbocycles. The Hall–Kier alpha value is -2.04. The molecule has 0 aromatic heterocycles. The molecule has 1 unspecified atom stereocenters.